The Labute approximate surface area is 313 Å². The summed E-state index contributed by atoms with van der Waals surface area (Å²) in [5.74, 6) is -0.474. The van der Waals surface area contributed by atoms with Crippen LogP contribution in [0.1, 0.15) is 25.8 Å². The Kier molecular flexibility index (Phi) is 13.0. The van der Waals surface area contributed by atoms with Crippen molar-refractivity contribution in [3.8, 4) is 17.0 Å². The molecule has 1 fully saturated rings. The van der Waals surface area contributed by atoms with Crippen molar-refractivity contribution < 1.29 is 31.9 Å². The van der Waals surface area contributed by atoms with Crippen LogP contribution in [-0.2, 0) is 26.2 Å². The van der Waals surface area contributed by atoms with E-state index in [0.29, 0.717) is 35.7 Å². The third-order valence-corrected chi connectivity index (χ3v) is 11.4. The van der Waals surface area contributed by atoms with Crippen LogP contribution in [0.15, 0.2) is 83.9 Å². The molecule has 15 heteroatoms. The highest BCUT2D eigenvalue weighted by Crippen LogP contribution is 2.42. The molecule has 1 aliphatic rings. The van der Waals surface area contributed by atoms with Crippen LogP contribution in [0, 0.1) is 5.82 Å². The highest BCUT2D eigenvalue weighted by molar-refractivity contribution is 7.89. The summed E-state index contributed by atoms with van der Waals surface area (Å²) in [6.07, 6.45) is 1.95. The molecular weight excluding hydrogens is 732 g/mol. The molecule has 4 aromatic rings. The van der Waals surface area contributed by atoms with Gasteiger partial charge in [0.25, 0.3) is 0 Å². The fraction of sp³-hybridized carbons (Fsp3) is 0.324. The summed E-state index contributed by atoms with van der Waals surface area (Å²) < 4.78 is 57.0. The third-order valence-electron chi connectivity index (χ3n) is 8.78. The number of carbonyl (C=O) groups is 2. The van der Waals surface area contributed by atoms with E-state index < -0.39 is 28.0 Å². The Bertz CT molecular complexity index is 1990. The Morgan fingerprint density at radius 3 is 2.48 bits per heavy atom. The lowest BCUT2D eigenvalue weighted by Gasteiger charge is -2.43. The maximum Gasteiger partial charge on any atom is 0.409 e. The number of nitrogens with zero attached hydrogens (tertiary/aromatic N) is 5. The Morgan fingerprint density at radius 1 is 1.02 bits per heavy atom. The van der Waals surface area contributed by atoms with Crippen molar-refractivity contribution in [2.24, 2.45) is 0 Å². The smallest absolute Gasteiger partial charge is 0.409 e. The van der Waals surface area contributed by atoms with Gasteiger partial charge in [-0.05, 0) is 61.4 Å². The Morgan fingerprint density at radius 2 is 1.79 bits per heavy atom. The minimum absolute atomic E-state index is 0.0142. The standard InChI is InChI=1S/C37H40Cl2FN5O6S/c1-4-28-23-44(52(48,49)33-16-13-27(38)22-31(33)39)20-21-45(28)32-15-14-29(30-12-9-17-41-36(30)50-5-2)34(40)35(32)43(25-46)19-18-42(3)37(47)51-24-26-10-7-6-8-11-26/h6-17,22,25,28H,4-5,18-21,23-24H2,1-3H3/t28-/m1/s1. The van der Waals surface area contributed by atoms with Crippen LogP contribution in [0.3, 0.4) is 0 Å². The van der Waals surface area contributed by atoms with Crippen molar-refractivity contribution in [2.45, 2.75) is 37.8 Å². The first-order valence-corrected chi connectivity index (χ1v) is 19.0. The lowest BCUT2D eigenvalue weighted by Crippen LogP contribution is -2.55. The van der Waals surface area contributed by atoms with E-state index in [0.717, 1.165) is 5.56 Å². The van der Waals surface area contributed by atoms with Gasteiger partial charge in [-0.1, -0.05) is 60.5 Å². The molecule has 52 heavy (non-hydrogen) atoms. The second-order valence-corrected chi connectivity index (χ2v) is 14.8. The van der Waals surface area contributed by atoms with Crippen molar-refractivity contribution in [3.63, 3.8) is 0 Å². The largest absolute Gasteiger partial charge is 0.478 e. The van der Waals surface area contributed by atoms with Crippen LogP contribution in [0.5, 0.6) is 5.88 Å². The summed E-state index contributed by atoms with van der Waals surface area (Å²) in [6, 6.07) is 19.7. The fourth-order valence-corrected chi connectivity index (χ4v) is 8.26. The molecule has 2 amide bonds. The van der Waals surface area contributed by atoms with Gasteiger partial charge >= 0.3 is 6.09 Å². The number of sulfonamides is 1. The molecule has 0 radical (unpaired) electrons. The first-order chi connectivity index (χ1) is 25.0. The van der Waals surface area contributed by atoms with Crippen molar-refractivity contribution in [1.82, 2.24) is 14.2 Å². The summed E-state index contributed by atoms with van der Waals surface area (Å²) in [5.41, 5.74) is 1.73. The number of halogens is 3. The number of anilines is 2. The molecule has 5 rings (SSSR count). The molecule has 1 saturated heterocycles. The summed E-state index contributed by atoms with van der Waals surface area (Å²) in [5, 5.41) is 0.327. The van der Waals surface area contributed by atoms with Gasteiger partial charge in [0.2, 0.25) is 22.3 Å². The van der Waals surface area contributed by atoms with Crippen LogP contribution in [0.4, 0.5) is 20.6 Å². The third kappa shape index (κ3) is 8.60. The average Bonchev–Trinajstić information content (AvgIpc) is 3.14. The van der Waals surface area contributed by atoms with Gasteiger partial charge in [-0.15, -0.1) is 0 Å². The van der Waals surface area contributed by atoms with E-state index in [2.05, 4.69) is 4.98 Å². The number of carbonyl (C=O) groups excluding carboxylic acids is 2. The molecule has 0 aliphatic carbocycles. The predicted molar refractivity (Wildman–Crippen MR) is 200 cm³/mol. The number of amides is 2. The zero-order valence-electron chi connectivity index (χ0n) is 29.0. The van der Waals surface area contributed by atoms with Crippen LogP contribution in [0.25, 0.3) is 11.1 Å². The second-order valence-electron chi connectivity index (χ2n) is 12.0. The molecule has 3 aromatic carbocycles. The van der Waals surface area contributed by atoms with Crippen LogP contribution in [-0.4, -0.2) is 87.5 Å². The molecule has 0 N–H and O–H groups in total. The number of piperazine rings is 1. The van der Waals surface area contributed by atoms with Crippen molar-refractivity contribution in [1.29, 1.82) is 0 Å². The van der Waals surface area contributed by atoms with Crippen LogP contribution in [0.2, 0.25) is 10.0 Å². The van der Waals surface area contributed by atoms with E-state index in [9.17, 15) is 18.0 Å². The molecule has 0 unspecified atom stereocenters. The molecule has 1 atom stereocenters. The normalized spacial score (nSPS) is 14.9. The zero-order chi connectivity index (χ0) is 37.4. The van der Waals surface area contributed by atoms with Crippen LogP contribution >= 0.6 is 23.2 Å². The summed E-state index contributed by atoms with van der Waals surface area (Å²) in [6.45, 7) is 4.36. The molecular formula is C37H40Cl2FN5O6S. The van der Waals surface area contributed by atoms with Crippen molar-refractivity contribution in [3.05, 3.63) is 100 Å². The highest BCUT2D eigenvalue weighted by atomic mass is 35.5. The number of hydrogen-bond acceptors (Lipinski definition) is 8. The summed E-state index contributed by atoms with van der Waals surface area (Å²) in [7, 11) is -2.46. The molecule has 0 saturated carbocycles. The molecule has 1 aliphatic heterocycles. The fourth-order valence-electron chi connectivity index (χ4n) is 6.05. The van der Waals surface area contributed by atoms with E-state index in [1.807, 2.05) is 42.2 Å². The second kappa shape index (κ2) is 17.4. The van der Waals surface area contributed by atoms with Gasteiger partial charge < -0.3 is 24.2 Å². The summed E-state index contributed by atoms with van der Waals surface area (Å²) >= 11 is 12.3. The number of pyridine rings is 1. The Balaban J connectivity index is 1.47. The Hall–Kier alpha value is -4.43. The highest BCUT2D eigenvalue weighted by Gasteiger charge is 2.37. The van der Waals surface area contributed by atoms with Gasteiger partial charge in [-0.3, -0.25) is 4.79 Å². The van der Waals surface area contributed by atoms with Gasteiger partial charge in [0.05, 0.1) is 17.3 Å². The van der Waals surface area contributed by atoms with Gasteiger partial charge in [0, 0.05) is 68.2 Å². The van der Waals surface area contributed by atoms with E-state index in [1.54, 1.807) is 37.4 Å². The minimum Gasteiger partial charge on any atom is -0.478 e. The lowest BCUT2D eigenvalue weighted by molar-refractivity contribution is -0.107. The van der Waals surface area contributed by atoms with Gasteiger partial charge in [-0.25, -0.2) is 22.6 Å². The quantitative estimate of drug-likeness (QED) is 0.125. The van der Waals surface area contributed by atoms with Crippen molar-refractivity contribution >= 4 is 57.1 Å². The van der Waals surface area contributed by atoms with E-state index in [-0.39, 0.29) is 66.4 Å². The first-order valence-electron chi connectivity index (χ1n) is 16.8. The van der Waals surface area contributed by atoms with Crippen molar-refractivity contribution in [2.75, 3.05) is 56.2 Å². The van der Waals surface area contributed by atoms with Crippen LogP contribution < -0.4 is 14.5 Å². The maximum absolute atomic E-state index is 17.1. The SMILES string of the molecule is CCOc1ncccc1-c1ccc(N2CCN(S(=O)(=O)c3ccc(Cl)cc3Cl)C[C@H]2CC)c(N(C=O)CCN(C)C(=O)OCc2ccccc2)c1F. The number of ether oxygens (including phenoxy) is 2. The zero-order valence-corrected chi connectivity index (χ0v) is 31.4. The topological polar surface area (TPSA) is 113 Å². The monoisotopic (exact) mass is 771 g/mol. The number of hydrogen-bond donors (Lipinski definition) is 0. The first kappa shape index (κ1) is 38.8. The molecule has 2 heterocycles. The van der Waals surface area contributed by atoms with Gasteiger partial charge in [0.15, 0.2) is 5.82 Å². The number of benzene rings is 3. The minimum atomic E-state index is -3.99. The molecule has 1 aromatic heterocycles. The molecule has 276 valence electrons. The van der Waals surface area contributed by atoms with Gasteiger partial charge in [0.1, 0.15) is 17.2 Å². The maximum atomic E-state index is 17.1. The van der Waals surface area contributed by atoms with E-state index >= 15 is 4.39 Å². The average molecular weight is 773 g/mol. The lowest BCUT2D eigenvalue weighted by atomic mass is 10.0. The number of rotatable bonds is 14. The van der Waals surface area contributed by atoms with Gasteiger partial charge in [-0.2, -0.15) is 4.31 Å². The van der Waals surface area contributed by atoms with E-state index in [4.69, 9.17) is 32.7 Å². The number of aromatic nitrogens is 1. The molecule has 11 nitrogen and oxygen atoms in total. The van der Waals surface area contributed by atoms with E-state index in [1.165, 1.54) is 39.4 Å². The summed E-state index contributed by atoms with van der Waals surface area (Å²) in [4.78, 5) is 34.3. The molecule has 0 bridgehead atoms. The molecule has 0 spiro atoms. The number of likely N-dealkylation sites (N-methyl/N-ethyl adjacent to an activating group) is 1. The predicted octanol–water partition coefficient (Wildman–Crippen LogP) is 7.11.